The molecular weight excluding hydrogens is 364 g/mol. The molecule has 22 heavy (non-hydrogen) atoms. The maximum Gasteiger partial charge on any atom is 0.183 e. The number of fused-ring (bicyclic) bond motifs is 3. The van der Waals surface area contributed by atoms with E-state index in [1.807, 2.05) is 0 Å². The van der Waals surface area contributed by atoms with Crippen LogP contribution in [0.15, 0.2) is 0 Å². The zero-order valence-corrected chi connectivity index (χ0v) is 16.2. The molecule has 2 rings (SSSR count). The first-order valence-corrected chi connectivity index (χ1v) is 8.75. The van der Waals surface area contributed by atoms with Gasteiger partial charge in [0, 0.05) is 88.1 Å². The summed E-state index contributed by atoms with van der Waals surface area (Å²) in [5, 5.41) is 10.5. The SMILES string of the molecule is CC1CNCCN2CCN(CCNC(C)C2)C(Cl)(Cl)CN1.[Mn]. The normalized spacial score (nSPS) is 37.6. The molecule has 0 amide bonds. The molecule has 2 bridgehead atoms. The Labute approximate surface area is 155 Å². The quantitative estimate of drug-likeness (QED) is 0.314. The molecule has 2 saturated heterocycles. The Morgan fingerprint density at radius 1 is 0.955 bits per heavy atom. The Balaban J connectivity index is 0.00000242. The minimum atomic E-state index is -0.853. The minimum Gasteiger partial charge on any atom is -0.314 e. The van der Waals surface area contributed by atoms with Crippen LogP contribution in [-0.4, -0.2) is 85.2 Å². The van der Waals surface area contributed by atoms with Gasteiger partial charge in [-0.25, -0.2) is 0 Å². The molecule has 5 nitrogen and oxygen atoms in total. The Morgan fingerprint density at radius 3 is 2.50 bits per heavy atom. The molecule has 2 aliphatic rings. The van der Waals surface area contributed by atoms with E-state index in [9.17, 15) is 0 Å². The van der Waals surface area contributed by atoms with E-state index in [0.29, 0.717) is 18.6 Å². The van der Waals surface area contributed by atoms with E-state index in [4.69, 9.17) is 23.2 Å². The summed E-state index contributed by atoms with van der Waals surface area (Å²) in [5.41, 5.74) is 0. The van der Waals surface area contributed by atoms with Crippen molar-refractivity contribution in [2.75, 3.05) is 58.9 Å². The molecule has 2 heterocycles. The molecule has 131 valence electrons. The molecule has 2 fully saturated rings. The first-order valence-electron chi connectivity index (χ1n) is 8.00. The summed E-state index contributed by atoms with van der Waals surface area (Å²) in [6.07, 6.45) is 0. The van der Waals surface area contributed by atoms with Crippen molar-refractivity contribution in [1.29, 1.82) is 0 Å². The largest absolute Gasteiger partial charge is 0.314 e. The number of nitrogens with one attached hydrogen (secondary N) is 3. The zero-order valence-electron chi connectivity index (χ0n) is 13.5. The maximum atomic E-state index is 6.60. The third-order valence-electron chi connectivity index (χ3n) is 4.27. The van der Waals surface area contributed by atoms with Crippen LogP contribution >= 0.6 is 23.2 Å². The molecule has 4 unspecified atom stereocenters. The summed E-state index contributed by atoms with van der Waals surface area (Å²) in [6.45, 7) is 12.8. The van der Waals surface area contributed by atoms with Crippen molar-refractivity contribution < 1.29 is 17.1 Å². The summed E-state index contributed by atoms with van der Waals surface area (Å²) in [7, 11) is 0. The van der Waals surface area contributed by atoms with Crippen LogP contribution in [0.1, 0.15) is 13.8 Å². The number of nitrogens with zero attached hydrogens (tertiary/aromatic N) is 2. The second kappa shape index (κ2) is 10.0. The standard InChI is InChI=1S/C14H29Cl2N5.Mn/c1-12-9-17-3-5-20-7-8-21(14(15,16)11-19-12)6-4-18-13(2)10-20;/h12-13,17-19H,3-11H2,1-2H3;. The van der Waals surface area contributed by atoms with Gasteiger partial charge in [-0.05, 0) is 13.8 Å². The van der Waals surface area contributed by atoms with E-state index in [1.165, 1.54) is 0 Å². The van der Waals surface area contributed by atoms with Gasteiger partial charge in [-0.15, -0.1) is 0 Å². The Bertz CT molecular complexity index is 322. The number of rotatable bonds is 0. The summed E-state index contributed by atoms with van der Waals surface area (Å²) < 4.78 is -0.853. The summed E-state index contributed by atoms with van der Waals surface area (Å²) in [4.78, 5) is 4.68. The fourth-order valence-electron chi connectivity index (χ4n) is 2.93. The minimum absolute atomic E-state index is 0. The Hall–Kier alpha value is 0.899. The van der Waals surface area contributed by atoms with Crippen LogP contribution in [0.4, 0.5) is 0 Å². The van der Waals surface area contributed by atoms with Gasteiger partial charge >= 0.3 is 0 Å². The molecule has 4 atom stereocenters. The molecule has 0 aromatic heterocycles. The topological polar surface area (TPSA) is 42.6 Å². The average Bonchev–Trinajstić information content (AvgIpc) is 2.51. The van der Waals surface area contributed by atoms with Gasteiger partial charge in [0.1, 0.15) is 0 Å². The second-order valence-electron chi connectivity index (χ2n) is 6.29. The third-order valence-corrected chi connectivity index (χ3v) is 5.02. The van der Waals surface area contributed by atoms with Gasteiger partial charge < -0.3 is 16.0 Å². The van der Waals surface area contributed by atoms with E-state index in [0.717, 1.165) is 52.4 Å². The molecule has 8 heteroatoms. The van der Waals surface area contributed by atoms with Crippen molar-refractivity contribution in [3.63, 3.8) is 0 Å². The van der Waals surface area contributed by atoms with Crippen LogP contribution in [0, 0.1) is 0 Å². The van der Waals surface area contributed by atoms with Gasteiger partial charge in [0.25, 0.3) is 0 Å². The van der Waals surface area contributed by atoms with E-state index < -0.39 is 4.46 Å². The summed E-state index contributed by atoms with van der Waals surface area (Å²) in [6, 6.07) is 0.853. The van der Waals surface area contributed by atoms with Crippen LogP contribution in [0.3, 0.4) is 0 Å². The zero-order chi connectivity index (χ0) is 15.3. The van der Waals surface area contributed by atoms with Gasteiger partial charge in [0.05, 0.1) is 0 Å². The second-order valence-corrected chi connectivity index (χ2v) is 7.74. The van der Waals surface area contributed by atoms with Crippen molar-refractivity contribution in [2.24, 2.45) is 0 Å². The summed E-state index contributed by atoms with van der Waals surface area (Å²) >= 11 is 13.2. The molecule has 0 aromatic carbocycles. The van der Waals surface area contributed by atoms with Crippen molar-refractivity contribution >= 4 is 23.2 Å². The first kappa shape index (κ1) is 20.9. The molecule has 2 aliphatic heterocycles. The Morgan fingerprint density at radius 2 is 1.73 bits per heavy atom. The van der Waals surface area contributed by atoms with Crippen molar-refractivity contribution in [3.05, 3.63) is 0 Å². The van der Waals surface area contributed by atoms with Gasteiger partial charge in [-0.2, -0.15) is 0 Å². The molecule has 0 aromatic rings. The van der Waals surface area contributed by atoms with Crippen LogP contribution in [-0.2, 0) is 17.1 Å². The van der Waals surface area contributed by atoms with E-state index in [1.54, 1.807) is 0 Å². The number of hydrogen-bond donors (Lipinski definition) is 3. The smallest absolute Gasteiger partial charge is 0.183 e. The van der Waals surface area contributed by atoms with Crippen molar-refractivity contribution in [3.8, 4) is 0 Å². The fourth-order valence-corrected chi connectivity index (χ4v) is 3.42. The number of alkyl halides is 2. The molecule has 0 aliphatic carbocycles. The van der Waals surface area contributed by atoms with Gasteiger partial charge in [0.2, 0.25) is 0 Å². The third kappa shape index (κ3) is 6.79. The molecular formula is C14H29Cl2MnN5. The monoisotopic (exact) mass is 392 g/mol. The number of hydrogen-bond acceptors (Lipinski definition) is 5. The predicted octanol–water partition coefficient (Wildman–Crippen LogP) is 0.292. The van der Waals surface area contributed by atoms with Gasteiger partial charge in [-0.1, -0.05) is 23.2 Å². The van der Waals surface area contributed by atoms with E-state index >= 15 is 0 Å². The van der Waals surface area contributed by atoms with Crippen LogP contribution < -0.4 is 16.0 Å². The van der Waals surface area contributed by atoms with E-state index in [-0.39, 0.29) is 17.1 Å². The number of halogens is 2. The van der Waals surface area contributed by atoms with Crippen LogP contribution in [0.2, 0.25) is 0 Å². The molecule has 1 radical (unpaired) electrons. The van der Waals surface area contributed by atoms with Gasteiger partial charge in [-0.3, -0.25) is 9.80 Å². The fraction of sp³-hybridized carbons (Fsp3) is 1.00. The molecule has 0 saturated carbocycles. The summed E-state index contributed by atoms with van der Waals surface area (Å²) in [5.74, 6) is 0. The van der Waals surface area contributed by atoms with Crippen molar-refractivity contribution in [1.82, 2.24) is 25.8 Å². The Kier molecular flexibility index (Phi) is 9.54. The first-order chi connectivity index (χ1) is 9.97. The van der Waals surface area contributed by atoms with Crippen LogP contribution in [0.5, 0.6) is 0 Å². The van der Waals surface area contributed by atoms with E-state index in [2.05, 4.69) is 39.6 Å². The predicted molar refractivity (Wildman–Crippen MR) is 90.2 cm³/mol. The molecule has 0 spiro atoms. The van der Waals surface area contributed by atoms with Gasteiger partial charge in [0.15, 0.2) is 4.46 Å². The maximum absolute atomic E-state index is 6.60. The molecule has 3 N–H and O–H groups in total. The average molecular weight is 393 g/mol. The van der Waals surface area contributed by atoms with Crippen molar-refractivity contribution in [2.45, 2.75) is 30.4 Å². The van der Waals surface area contributed by atoms with Crippen LogP contribution in [0.25, 0.3) is 0 Å².